The Labute approximate surface area is 57.6 Å². The van der Waals surface area contributed by atoms with Crippen molar-refractivity contribution in [3.05, 3.63) is 23.8 Å². The van der Waals surface area contributed by atoms with E-state index in [1.54, 1.807) is 6.20 Å². The minimum absolute atomic E-state index is 0.167. The van der Waals surface area contributed by atoms with E-state index in [1.165, 1.54) is 6.26 Å². The van der Waals surface area contributed by atoms with Gasteiger partial charge in [0.05, 0.1) is 5.57 Å². The Hall–Kier alpha value is -1.45. The lowest BCUT2D eigenvalue weighted by molar-refractivity contribution is 0.299. The van der Waals surface area contributed by atoms with Crippen molar-refractivity contribution in [3.8, 4) is 0 Å². The van der Waals surface area contributed by atoms with Gasteiger partial charge in [-0.3, -0.25) is 0 Å². The van der Waals surface area contributed by atoms with E-state index < -0.39 is 0 Å². The molecule has 0 spiro atoms. The van der Waals surface area contributed by atoms with Crippen molar-refractivity contribution < 1.29 is 9.47 Å². The first kappa shape index (κ1) is 5.34. The number of amidine groups is 1. The third-order valence-electron chi connectivity index (χ3n) is 1.31. The lowest BCUT2D eigenvalue weighted by Gasteiger charge is -2.07. The van der Waals surface area contributed by atoms with Crippen molar-refractivity contribution in [2.75, 3.05) is 6.61 Å². The normalized spacial score (nSPS) is 21.4. The minimum Gasteiger partial charge on any atom is -0.492 e. The molecule has 10 heavy (non-hydrogen) atoms. The number of aliphatic imine (C=N–C) groups is 1. The second-order valence-electron chi connectivity index (χ2n) is 2.02. The number of hydrogen-bond donors (Lipinski definition) is 1. The first-order valence-electron chi connectivity index (χ1n) is 2.88. The lowest BCUT2D eigenvalue weighted by atomic mass is 10.3. The minimum atomic E-state index is 0.167. The van der Waals surface area contributed by atoms with Crippen LogP contribution < -0.4 is 5.73 Å². The molecule has 0 aliphatic carbocycles. The zero-order chi connectivity index (χ0) is 6.97. The summed E-state index contributed by atoms with van der Waals surface area (Å²) in [5.74, 6) is 0.674. The predicted octanol–water partition coefficient (Wildman–Crippen LogP) is 0.0868. The molecule has 0 aromatic rings. The first-order chi connectivity index (χ1) is 4.86. The fourth-order valence-corrected chi connectivity index (χ4v) is 0.825. The Kier molecular flexibility index (Phi) is 0.943. The maximum Gasteiger partial charge on any atom is 0.292 e. The molecule has 0 saturated heterocycles. The molecule has 4 nitrogen and oxygen atoms in total. The number of ether oxygens (including phenoxy) is 2. The Morgan fingerprint density at radius 2 is 2.50 bits per heavy atom. The topological polar surface area (TPSA) is 56.8 Å². The Morgan fingerprint density at radius 3 is 3.40 bits per heavy atom. The molecular formula is C6H6N2O2. The van der Waals surface area contributed by atoms with Crippen LogP contribution >= 0.6 is 0 Å². The molecular weight excluding hydrogens is 132 g/mol. The number of rotatable bonds is 0. The quantitative estimate of drug-likeness (QED) is 0.516. The zero-order valence-corrected chi connectivity index (χ0v) is 5.20. The van der Waals surface area contributed by atoms with Gasteiger partial charge in [0.1, 0.15) is 12.9 Å². The number of fused-ring (bicyclic) bond motifs is 1. The van der Waals surface area contributed by atoms with Crippen molar-refractivity contribution in [1.82, 2.24) is 0 Å². The van der Waals surface area contributed by atoms with Gasteiger partial charge in [0.25, 0.3) is 6.02 Å². The summed E-state index contributed by atoms with van der Waals surface area (Å²) in [7, 11) is 0. The van der Waals surface area contributed by atoms with Crippen molar-refractivity contribution in [3.63, 3.8) is 0 Å². The summed E-state index contributed by atoms with van der Waals surface area (Å²) in [6.45, 7) is 0.534. The van der Waals surface area contributed by atoms with Gasteiger partial charge in [0, 0.05) is 6.20 Å². The third kappa shape index (κ3) is 0.655. The summed E-state index contributed by atoms with van der Waals surface area (Å²) in [4.78, 5) is 3.76. The molecule has 0 amide bonds. The van der Waals surface area contributed by atoms with Crippen LogP contribution in [0, 0.1) is 0 Å². The Bertz CT molecular complexity index is 252. The van der Waals surface area contributed by atoms with Gasteiger partial charge in [0.15, 0.2) is 5.76 Å². The fourth-order valence-electron chi connectivity index (χ4n) is 0.825. The monoisotopic (exact) mass is 138 g/mol. The lowest BCUT2D eigenvalue weighted by Crippen LogP contribution is -2.18. The van der Waals surface area contributed by atoms with E-state index in [-0.39, 0.29) is 6.02 Å². The Morgan fingerprint density at radius 1 is 1.60 bits per heavy atom. The molecule has 4 heteroatoms. The van der Waals surface area contributed by atoms with Crippen LogP contribution in [0.5, 0.6) is 0 Å². The zero-order valence-electron chi connectivity index (χ0n) is 5.20. The average molecular weight is 138 g/mol. The molecule has 2 aliphatic heterocycles. The van der Waals surface area contributed by atoms with E-state index in [4.69, 9.17) is 15.2 Å². The highest BCUT2D eigenvalue weighted by Crippen LogP contribution is 2.21. The van der Waals surface area contributed by atoms with Crippen LogP contribution in [0.3, 0.4) is 0 Å². The van der Waals surface area contributed by atoms with E-state index in [9.17, 15) is 0 Å². The van der Waals surface area contributed by atoms with Gasteiger partial charge in [-0.2, -0.15) is 0 Å². The van der Waals surface area contributed by atoms with E-state index in [0.717, 1.165) is 5.57 Å². The summed E-state index contributed by atoms with van der Waals surface area (Å²) in [5.41, 5.74) is 6.22. The molecule has 0 aromatic carbocycles. The standard InChI is InChI=1S/C6H6N2O2/c7-6-8-1-4-2-9-3-5(4)10-6/h1,3H,2H2,(H2,7,8). The maximum atomic E-state index is 5.28. The van der Waals surface area contributed by atoms with Crippen molar-refractivity contribution >= 4 is 6.02 Å². The van der Waals surface area contributed by atoms with Gasteiger partial charge in [-0.05, 0) is 0 Å². The van der Waals surface area contributed by atoms with Crippen LogP contribution in [0.4, 0.5) is 0 Å². The number of nitrogens with zero attached hydrogens (tertiary/aromatic N) is 1. The number of hydrogen-bond acceptors (Lipinski definition) is 4. The molecule has 0 unspecified atom stereocenters. The van der Waals surface area contributed by atoms with Crippen LogP contribution in [0.1, 0.15) is 0 Å². The van der Waals surface area contributed by atoms with Gasteiger partial charge < -0.3 is 15.2 Å². The molecule has 0 aromatic heterocycles. The van der Waals surface area contributed by atoms with Crippen LogP contribution in [0.15, 0.2) is 28.8 Å². The summed E-state index contributed by atoms with van der Waals surface area (Å²) in [5, 5.41) is 0. The van der Waals surface area contributed by atoms with Crippen molar-refractivity contribution in [1.29, 1.82) is 0 Å². The van der Waals surface area contributed by atoms with Gasteiger partial charge in [-0.25, -0.2) is 4.99 Å². The van der Waals surface area contributed by atoms with E-state index in [1.807, 2.05) is 0 Å². The fraction of sp³-hybridized carbons (Fsp3) is 0.167. The van der Waals surface area contributed by atoms with Crippen LogP contribution in [-0.2, 0) is 9.47 Å². The molecule has 2 heterocycles. The molecule has 2 aliphatic rings. The van der Waals surface area contributed by atoms with Gasteiger partial charge in [-0.1, -0.05) is 0 Å². The second kappa shape index (κ2) is 1.76. The average Bonchev–Trinajstić information content (AvgIpc) is 2.33. The van der Waals surface area contributed by atoms with Crippen LogP contribution in [0.2, 0.25) is 0 Å². The highest BCUT2D eigenvalue weighted by Gasteiger charge is 2.18. The molecule has 2 N–H and O–H groups in total. The molecule has 0 atom stereocenters. The summed E-state index contributed by atoms with van der Waals surface area (Å²) in [6.07, 6.45) is 3.19. The smallest absolute Gasteiger partial charge is 0.292 e. The highest BCUT2D eigenvalue weighted by atomic mass is 16.5. The molecule has 2 rings (SSSR count). The summed E-state index contributed by atoms with van der Waals surface area (Å²) in [6, 6.07) is 0.167. The molecule has 0 bridgehead atoms. The highest BCUT2D eigenvalue weighted by molar-refractivity contribution is 5.75. The van der Waals surface area contributed by atoms with Crippen LogP contribution in [-0.4, -0.2) is 12.6 Å². The van der Waals surface area contributed by atoms with E-state index in [2.05, 4.69) is 4.99 Å². The maximum absolute atomic E-state index is 5.28. The predicted molar refractivity (Wildman–Crippen MR) is 34.8 cm³/mol. The SMILES string of the molecule is NC1=NC=C2COC=C2O1. The number of nitrogens with two attached hydrogens (primary N) is 1. The van der Waals surface area contributed by atoms with Gasteiger partial charge >= 0.3 is 0 Å². The van der Waals surface area contributed by atoms with Crippen molar-refractivity contribution in [2.45, 2.75) is 0 Å². The molecule has 0 fully saturated rings. The summed E-state index contributed by atoms with van der Waals surface area (Å²) >= 11 is 0. The Balaban J connectivity index is 2.35. The largest absolute Gasteiger partial charge is 0.492 e. The summed E-state index contributed by atoms with van der Waals surface area (Å²) < 4.78 is 9.96. The van der Waals surface area contributed by atoms with E-state index >= 15 is 0 Å². The van der Waals surface area contributed by atoms with Crippen molar-refractivity contribution in [2.24, 2.45) is 10.7 Å². The van der Waals surface area contributed by atoms with Gasteiger partial charge in [-0.15, -0.1) is 0 Å². The molecule has 52 valence electrons. The second-order valence-corrected chi connectivity index (χ2v) is 2.02. The first-order valence-corrected chi connectivity index (χ1v) is 2.88. The molecule has 0 radical (unpaired) electrons. The van der Waals surface area contributed by atoms with Gasteiger partial charge in [0.2, 0.25) is 0 Å². The van der Waals surface area contributed by atoms with E-state index in [0.29, 0.717) is 12.4 Å². The van der Waals surface area contributed by atoms with Crippen LogP contribution in [0.25, 0.3) is 0 Å². The molecule has 0 saturated carbocycles. The third-order valence-corrected chi connectivity index (χ3v) is 1.31.